The molecule has 1 aliphatic rings. The highest BCUT2D eigenvalue weighted by molar-refractivity contribution is 5.91. The first kappa shape index (κ1) is 15.1. The van der Waals surface area contributed by atoms with Crippen LogP contribution in [0, 0.1) is 5.82 Å². The molecule has 5 nitrogen and oxygen atoms in total. The molecule has 3 aromatic rings. The van der Waals surface area contributed by atoms with Crippen molar-refractivity contribution < 1.29 is 8.91 Å². The molecule has 4 rings (SSSR count). The van der Waals surface area contributed by atoms with Crippen molar-refractivity contribution in [2.75, 3.05) is 11.4 Å². The lowest BCUT2D eigenvalue weighted by molar-refractivity contribution is 0.358. The van der Waals surface area contributed by atoms with Crippen molar-refractivity contribution in [2.45, 2.75) is 38.6 Å². The minimum Gasteiger partial charge on any atom is -0.361 e. The summed E-state index contributed by atoms with van der Waals surface area (Å²) in [6.45, 7) is 4.98. The summed E-state index contributed by atoms with van der Waals surface area (Å²) in [4.78, 5) is 11.1. The van der Waals surface area contributed by atoms with Crippen LogP contribution in [0.5, 0.6) is 0 Å². The van der Waals surface area contributed by atoms with Crippen molar-refractivity contribution in [3.8, 4) is 0 Å². The van der Waals surface area contributed by atoms with Gasteiger partial charge in [0.1, 0.15) is 5.82 Å². The Bertz CT molecular complexity index is 876. The van der Waals surface area contributed by atoms with Crippen LogP contribution >= 0.6 is 0 Å². The van der Waals surface area contributed by atoms with Crippen LogP contribution in [-0.2, 0) is 0 Å². The van der Waals surface area contributed by atoms with Crippen molar-refractivity contribution in [1.29, 1.82) is 0 Å². The monoisotopic (exact) mass is 326 g/mol. The molecule has 1 unspecified atom stereocenters. The number of hydrogen-bond acceptors (Lipinski definition) is 5. The van der Waals surface area contributed by atoms with E-state index < -0.39 is 0 Å². The van der Waals surface area contributed by atoms with Crippen LogP contribution < -0.4 is 4.90 Å². The second-order valence-electron chi connectivity index (χ2n) is 6.49. The van der Waals surface area contributed by atoms with Gasteiger partial charge in [0.2, 0.25) is 5.89 Å². The van der Waals surface area contributed by atoms with Crippen molar-refractivity contribution in [2.24, 2.45) is 0 Å². The highest BCUT2D eigenvalue weighted by Gasteiger charge is 2.31. The smallest absolute Gasteiger partial charge is 0.229 e. The summed E-state index contributed by atoms with van der Waals surface area (Å²) in [6.07, 6.45) is 3.76. The van der Waals surface area contributed by atoms with Crippen molar-refractivity contribution in [3.05, 3.63) is 48.0 Å². The second kappa shape index (κ2) is 5.85. The van der Waals surface area contributed by atoms with E-state index in [1.54, 1.807) is 12.3 Å². The number of pyridine rings is 1. The molecule has 0 radical (unpaired) electrons. The number of anilines is 1. The zero-order valence-corrected chi connectivity index (χ0v) is 13.7. The Morgan fingerprint density at radius 1 is 1.29 bits per heavy atom. The maximum Gasteiger partial charge on any atom is 0.229 e. The fourth-order valence-corrected chi connectivity index (χ4v) is 3.30. The molecule has 0 bridgehead atoms. The minimum absolute atomic E-state index is 0.0805. The van der Waals surface area contributed by atoms with Gasteiger partial charge in [0.05, 0.1) is 11.6 Å². The molecular formula is C18H19FN4O. The SMILES string of the molecule is CC(C)c1nc(C2CCCN2c2ccnc3cc(F)ccc23)no1. The highest BCUT2D eigenvalue weighted by atomic mass is 19.1. The van der Waals surface area contributed by atoms with Crippen LogP contribution in [-0.4, -0.2) is 21.7 Å². The summed E-state index contributed by atoms with van der Waals surface area (Å²) in [5, 5.41) is 5.13. The lowest BCUT2D eigenvalue weighted by Crippen LogP contribution is -2.23. The maximum absolute atomic E-state index is 13.5. The third-order valence-corrected chi connectivity index (χ3v) is 4.49. The third kappa shape index (κ3) is 2.52. The first-order valence-electron chi connectivity index (χ1n) is 8.28. The minimum atomic E-state index is -0.273. The number of nitrogens with zero attached hydrogens (tertiary/aromatic N) is 4. The Morgan fingerprint density at radius 2 is 2.17 bits per heavy atom. The largest absolute Gasteiger partial charge is 0.361 e. The third-order valence-electron chi connectivity index (χ3n) is 4.49. The van der Waals surface area contributed by atoms with E-state index in [9.17, 15) is 4.39 Å². The van der Waals surface area contributed by atoms with E-state index >= 15 is 0 Å². The van der Waals surface area contributed by atoms with Crippen molar-refractivity contribution in [1.82, 2.24) is 15.1 Å². The second-order valence-corrected chi connectivity index (χ2v) is 6.49. The Kier molecular flexibility index (Phi) is 3.67. The summed E-state index contributed by atoms with van der Waals surface area (Å²) in [6, 6.07) is 6.79. The quantitative estimate of drug-likeness (QED) is 0.721. The predicted molar refractivity (Wildman–Crippen MR) is 89.4 cm³/mol. The van der Waals surface area contributed by atoms with Gasteiger partial charge >= 0.3 is 0 Å². The van der Waals surface area contributed by atoms with Gasteiger partial charge in [0, 0.05) is 35.8 Å². The van der Waals surface area contributed by atoms with Gasteiger partial charge in [-0.1, -0.05) is 19.0 Å². The van der Waals surface area contributed by atoms with Crippen LogP contribution in [0.1, 0.15) is 50.4 Å². The molecule has 3 heterocycles. The van der Waals surface area contributed by atoms with Crippen LogP contribution in [0.25, 0.3) is 10.9 Å². The van der Waals surface area contributed by atoms with Gasteiger partial charge in [-0.25, -0.2) is 4.39 Å². The van der Waals surface area contributed by atoms with Crippen LogP contribution in [0.3, 0.4) is 0 Å². The number of benzene rings is 1. The zero-order chi connectivity index (χ0) is 16.7. The number of fused-ring (bicyclic) bond motifs is 1. The Morgan fingerprint density at radius 3 is 2.96 bits per heavy atom. The van der Waals surface area contributed by atoms with Crippen LogP contribution in [0.15, 0.2) is 35.0 Å². The normalized spacial score (nSPS) is 18.0. The number of rotatable bonds is 3. The van der Waals surface area contributed by atoms with E-state index in [1.165, 1.54) is 12.1 Å². The van der Waals surface area contributed by atoms with Crippen molar-refractivity contribution in [3.63, 3.8) is 0 Å². The zero-order valence-electron chi connectivity index (χ0n) is 13.7. The first-order valence-corrected chi connectivity index (χ1v) is 8.28. The van der Waals surface area contributed by atoms with Gasteiger partial charge in [-0.05, 0) is 31.0 Å². The molecule has 1 saturated heterocycles. The van der Waals surface area contributed by atoms with Gasteiger partial charge < -0.3 is 9.42 Å². The summed E-state index contributed by atoms with van der Waals surface area (Å²) in [5.41, 5.74) is 1.70. The molecule has 2 aromatic heterocycles. The topological polar surface area (TPSA) is 55.1 Å². The van der Waals surface area contributed by atoms with Crippen molar-refractivity contribution >= 4 is 16.6 Å². The van der Waals surface area contributed by atoms with Gasteiger partial charge in [0.15, 0.2) is 5.82 Å². The van der Waals surface area contributed by atoms with Gasteiger partial charge in [-0.2, -0.15) is 4.98 Å². The van der Waals surface area contributed by atoms with E-state index in [0.29, 0.717) is 11.4 Å². The molecule has 1 atom stereocenters. The average molecular weight is 326 g/mol. The standard InChI is InChI=1S/C18H19FN4O/c1-11(2)18-21-17(22-24-18)16-4-3-9-23(16)15-7-8-20-14-10-12(19)5-6-13(14)15/h5-8,10-11,16H,3-4,9H2,1-2H3. The lowest BCUT2D eigenvalue weighted by Gasteiger charge is -2.25. The fraction of sp³-hybridized carbons (Fsp3) is 0.389. The molecule has 0 amide bonds. The average Bonchev–Trinajstić information content (AvgIpc) is 3.22. The molecule has 1 aromatic carbocycles. The molecule has 1 fully saturated rings. The van der Waals surface area contributed by atoms with E-state index in [1.807, 2.05) is 19.9 Å². The van der Waals surface area contributed by atoms with Gasteiger partial charge in [0.25, 0.3) is 0 Å². The summed E-state index contributed by atoms with van der Waals surface area (Å²) in [7, 11) is 0. The molecular weight excluding hydrogens is 307 g/mol. The highest BCUT2D eigenvalue weighted by Crippen LogP contribution is 2.38. The molecule has 0 N–H and O–H groups in total. The predicted octanol–water partition coefficient (Wildman–Crippen LogP) is 4.22. The number of hydrogen-bond donors (Lipinski definition) is 0. The maximum atomic E-state index is 13.5. The van der Waals surface area contributed by atoms with Gasteiger partial charge in [-0.3, -0.25) is 4.98 Å². The summed E-state index contributed by atoms with van der Waals surface area (Å²) in [5.74, 6) is 1.33. The molecule has 0 aliphatic carbocycles. The Balaban J connectivity index is 1.75. The van der Waals surface area contributed by atoms with Crippen LogP contribution in [0.4, 0.5) is 10.1 Å². The van der Waals surface area contributed by atoms with E-state index in [-0.39, 0.29) is 17.8 Å². The molecule has 124 valence electrons. The Labute approximate surface area is 139 Å². The van der Waals surface area contributed by atoms with Gasteiger partial charge in [-0.15, -0.1) is 0 Å². The molecule has 0 spiro atoms. The molecule has 0 saturated carbocycles. The number of halogens is 1. The summed E-state index contributed by atoms with van der Waals surface area (Å²) < 4.78 is 18.9. The molecule has 24 heavy (non-hydrogen) atoms. The fourth-order valence-electron chi connectivity index (χ4n) is 3.30. The van der Waals surface area contributed by atoms with Crippen LogP contribution in [0.2, 0.25) is 0 Å². The van der Waals surface area contributed by atoms with E-state index in [0.717, 1.165) is 36.3 Å². The van der Waals surface area contributed by atoms with E-state index in [2.05, 4.69) is 20.0 Å². The lowest BCUT2D eigenvalue weighted by atomic mass is 10.1. The summed E-state index contributed by atoms with van der Waals surface area (Å²) >= 11 is 0. The number of aromatic nitrogens is 3. The Hall–Kier alpha value is -2.50. The molecule has 6 heteroatoms. The first-order chi connectivity index (χ1) is 11.6. The van der Waals surface area contributed by atoms with E-state index in [4.69, 9.17) is 4.52 Å². The molecule has 1 aliphatic heterocycles.